The molecule has 1 amide bonds. The molecular formula is C20H28N4OS. The number of hydrogen-bond acceptors (Lipinski definition) is 3. The number of aliphatic imine (C=N–C) groups is 1. The summed E-state index contributed by atoms with van der Waals surface area (Å²) >= 11 is 1.75. The van der Waals surface area contributed by atoms with E-state index in [4.69, 9.17) is 0 Å². The van der Waals surface area contributed by atoms with E-state index < -0.39 is 0 Å². The number of nitrogens with zero attached hydrogens (tertiary/aromatic N) is 2. The molecule has 2 aromatic rings. The van der Waals surface area contributed by atoms with Crippen molar-refractivity contribution in [2.24, 2.45) is 4.99 Å². The number of benzene rings is 1. The van der Waals surface area contributed by atoms with Crippen molar-refractivity contribution in [1.82, 2.24) is 15.5 Å². The number of rotatable bonds is 7. The van der Waals surface area contributed by atoms with E-state index in [-0.39, 0.29) is 12.5 Å². The summed E-state index contributed by atoms with van der Waals surface area (Å²) in [6.07, 6.45) is 0.934. The molecule has 0 radical (unpaired) electrons. The third kappa shape index (κ3) is 6.52. The van der Waals surface area contributed by atoms with Crippen LogP contribution in [-0.4, -0.2) is 44.0 Å². The molecule has 0 fully saturated rings. The van der Waals surface area contributed by atoms with E-state index in [0.29, 0.717) is 12.5 Å². The van der Waals surface area contributed by atoms with E-state index in [1.54, 1.807) is 30.3 Å². The second-order valence-corrected chi connectivity index (χ2v) is 7.52. The van der Waals surface area contributed by atoms with Gasteiger partial charge in [0.25, 0.3) is 0 Å². The normalized spacial score (nSPS) is 11.3. The molecule has 1 aromatic carbocycles. The first-order chi connectivity index (χ1) is 12.5. The zero-order chi connectivity index (χ0) is 18.9. The van der Waals surface area contributed by atoms with Crippen molar-refractivity contribution in [2.45, 2.75) is 26.8 Å². The maximum absolute atomic E-state index is 11.9. The fourth-order valence-corrected chi connectivity index (χ4v) is 3.15. The average molecular weight is 373 g/mol. The molecule has 0 saturated heterocycles. The number of amides is 1. The molecule has 140 valence electrons. The molecule has 2 rings (SSSR count). The van der Waals surface area contributed by atoms with Gasteiger partial charge in [-0.2, -0.15) is 0 Å². The van der Waals surface area contributed by atoms with E-state index in [0.717, 1.165) is 13.0 Å². The number of carbonyl (C=O) groups is 1. The maximum Gasteiger partial charge on any atom is 0.241 e. The molecule has 5 nitrogen and oxygen atoms in total. The molecule has 2 N–H and O–H groups in total. The van der Waals surface area contributed by atoms with Crippen molar-refractivity contribution >= 4 is 23.2 Å². The molecule has 0 aliphatic heterocycles. The highest BCUT2D eigenvalue weighted by Crippen LogP contribution is 2.11. The van der Waals surface area contributed by atoms with Crippen molar-refractivity contribution in [3.63, 3.8) is 0 Å². The van der Waals surface area contributed by atoms with Crippen LogP contribution in [-0.2, 0) is 17.8 Å². The van der Waals surface area contributed by atoms with Crippen molar-refractivity contribution in [3.05, 3.63) is 57.3 Å². The lowest BCUT2D eigenvalue weighted by Gasteiger charge is -2.15. The summed E-state index contributed by atoms with van der Waals surface area (Å²) in [4.78, 5) is 19.4. The van der Waals surface area contributed by atoms with Crippen LogP contribution in [0, 0.1) is 13.8 Å². The smallest absolute Gasteiger partial charge is 0.241 e. The Kier molecular flexibility index (Phi) is 7.66. The van der Waals surface area contributed by atoms with E-state index in [2.05, 4.69) is 65.2 Å². The molecule has 0 aliphatic rings. The van der Waals surface area contributed by atoms with Crippen LogP contribution in [0.4, 0.5) is 0 Å². The van der Waals surface area contributed by atoms with Gasteiger partial charge < -0.3 is 15.5 Å². The predicted molar refractivity (Wildman–Crippen MR) is 110 cm³/mol. The van der Waals surface area contributed by atoms with Crippen LogP contribution < -0.4 is 10.6 Å². The second kappa shape index (κ2) is 9.97. The zero-order valence-corrected chi connectivity index (χ0v) is 16.8. The maximum atomic E-state index is 11.9. The van der Waals surface area contributed by atoms with Gasteiger partial charge in [0, 0.05) is 25.5 Å². The fraction of sp³-hybridized carbons (Fsp3) is 0.400. The fourth-order valence-electron chi connectivity index (χ4n) is 2.44. The molecule has 1 aromatic heterocycles. The molecule has 0 bridgehead atoms. The number of aryl methyl sites for hydroxylation is 2. The SMILES string of the molecule is Cc1ccc(CN=C(NCCc2cccs2)NCC(=O)N(C)C)c(C)c1. The Morgan fingerprint density at radius 3 is 2.65 bits per heavy atom. The molecular weight excluding hydrogens is 344 g/mol. The Morgan fingerprint density at radius 1 is 1.19 bits per heavy atom. The average Bonchev–Trinajstić information content (AvgIpc) is 3.11. The van der Waals surface area contributed by atoms with E-state index >= 15 is 0 Å². The summed E-state index contributed by atoms with van der Waals surface area (Å²) in [5.41, 5.74) is 3.67. The number of carbonyl (C=O) groups excluding carboxylic acids is 1. The summed E-state index contributed by atoms with van der Waals surface area (Å²) in [6.45, 7) is 5.77. The number of hydrogen-bond donors (Lipinski definition) is 2. The van der Waals surface area contributed by atoms with Crippen LogP contribution >= 0.6 is 11.3 Å². The topological polar surface area (TPSA) is 56.7 Å². The highest BCUT2D eigenvalue weighted by molar-refractivity contribution is 7.09. The molecule has 0 saturated carbocycles. The van der Waals surface area contributed by atoms with Crippen LogP contribution in [0.15, 0.2) is 40.7 Å². The molecule has 6 heteroatoms. The van der Waals surface area contributed by atoms with Gasteiger partial charge >= 0.3 is 0 Å². The van der Waals surface area contributed by atoms with Gasteiger partial charge in [-0.15, -0.1) is 11.3 Å². The largest absolute Gasteiger partial charge is 0.356 e. The third-order valence-electron chi connectivity index (χ3n) is 4.06. The Morgan fingerprint density at radius 2 is 2.00 bits per heavy atom. The molecule has 0 aliphatic carbocycles. The highest BCUT2D eigenvalue weighted by Gasteiger charge is 2.06. The van der Waals surface area contributed by atoms with Gasteiger partial charge in [0.2, 0.25) is 5.91 Å². The van der Waals surface area contributed by atoms with Crippen molar-refractivity contribution in [3.8, 4) is 0 Å². The number of nitrogens with one attached hydrogen (secondary N) is 2. The van der Waals surface area contributed by atoms with E-state index in [1.807, 2.05) is 0 Å². The van der Waals surface area contributed by atoms with Gasteiger partial charge in [0.15, 0.2) is 5.96 Å². The Hall–Kier alpha value is -2.34. The van der Waals surface area contributed by atoms with Crippen molar-refractivity contribution in [2.75, 3.05) is 27.2 Å². The first-order valence-electron chi connectivity index (χ1n) is 8.76. The molecule has 0 atom stereocenters. The lowest BCUT2D eigenvalue weighted by molar-refractivity contribution is -0.127. The van der Waals surface area contributed by atoms with Crippen molar-refractivity contribution < 1.29 is 4.79 Å². The van der Waals surface area contributed by atoms with Crippen LogP contribution in [0.2, 0.25) is 0 Å². The van der Waals surface area contributed by atoms with Crippen LogP contribution in [0.3, 0.4) is 0 Å². The van der Waals surface area contributed by atoms with Crippen LogP contribution in [0.1, 0.15) is 21.6 Å². The van der Waals surface area contributed by atoms with Gasteiger partial charge in [-0.05, 0) is 42.8 Å². The molecule has 0 unspecified atom stereocenters. The summed E-state index contributed by atoms with van der Waals surface area (Å²) in [6, 6.07) is 10.6. The zero-order valence-electron chi connectivity index (χ0n) is 16.0. The number of likely N-dealkylation sites (N-methyl/N-ethyl adjacent to an activating group) is 1. The number of guanidine groups is 1. The second-order valence-electron chi connectivity index (χ2n) is 6.49. The highest BCUT2D eigenvalue weighted by atomic mass is 32.1. The standard InChI is InChI=1S/C20H28N4OS/c1-15-7-8-17(16(2)12-15)13-22-20(23-14-19(25)24(3)4)21-10-9-18-6-5-11-26-18/h5-8,11-12H,9-10,13-14H2,1-4H3,(H2,21,22,23). The predicted octanol–water partition coefficient (Wildman–Crippen LogP) is 2.73. The minimum atomic E-state index is 0.0178. The Labute approximate surface area is 160 Å². The lowest BCUT2D eigenvalue weighted by atomic mass is 10.1. The summed E-state index contributed by atoms with van der Waals surface area (Å²) in [5, 5.41) is 8.54. The lowest BCUT2D eigenvalue weighted by Crippen LogP contribution is -2.43. The monoisotopic (exact) mass is 372 g/mol. The minimum Gasteiger partial charge on any atom is -0.356 e. The first-order valence-corrected chi connectivity index (χ1v) is 9.64. The molecule has 0 spiro atoms. The van der Waals surface area contributed by atoms with Gasteiger partial charge in [-0.3, -0.25) is 4.79 Å². The Balaban J connectivity index is 1.98. The summed E-state index contributed by atoms with van der Waals surface area (Å²) in [5.74, 6) is 0.681. The summed E-state index contributed by atoms with van der Waals surface area (Å²) < 4.78 is 0. The molecule has 1 heterocycles. The van der Waals surface area contributed by atoms with Gasteiger partial charge in [0.05, 0.1) is 13.1 Å². The van der Waals surface area contributed by atoms with Crippen LogP contribution in [0.25, 0.3) is 0 Å². The van der Waals surface area contributed by atoms with Gasteiger partial charge in [-0.1, -0.05) is 29.8 Å². The minimum absolute atomic E-state index is 0.0178. The van der Waals surface area contributed by atoms with Crippen LogP contribution in [0.5, 0.6) is 0 Å². The number of thiophene rings is 1. The summed E-state index contributed by atoms with van der Waals surface area (Å²) in [7, 11) is 3.50. The first kappa shape index (κ1) is 20.0. The van der Waals surface area contributed by atoms with Crippen molar-refractivity contribution in [1.29, 1.82) is 0 Å². The Bertz CT molecular complexity index is 738. The van der Waals surface area contributed by atoms with E-state index in [1.165, 1.54) is 21.6 Å². The quantitative estimate of drug-likeness (QED) is 0.580. The third-order valence-corrected chi connectivity index (χ3v) is 4.99. The van der Waals surface area contributed by atoms with Gasteiger partial charge in [0.1, 0.15) is 0 Å². The van der Waals surface area contributed by atoms with E-state index in [9.17, 15) is 4.79 Å². The van der Waals surface area contributed by atoms with Gasteiger partial charge in [-0.25, -0.2) is 4.99 Å². The molecule has 26 heavy (non-hydrogen) atoms.